The maximum atomic E-state index is 12.9. The van der Waals surface area contributed by atoms with E-state index in [1.54, 1.807) is 11.9 Å². The number of nitrogens with zero attached hydrogens (tertiary/aromatic N) is 3. The van der Waals surface area contributed by atoms with Crippen molar-refractivity contribution in [2.75, 3.05) is 20.1 Å². The maximum absolute atomic E-state index is 12.9. The van der Waals surface area contributed by atoms with Crippen molar-refractivity contribution in [2.45, 2.75) is 70.9 Å². The number of piperidine rings is 1. The molecule has 1 unspecified atom stereocenters. The Bertz CT molecular complexity index is 547. The first-order valence-electron chi connectivity index (χ1n) is 9.22. The first-order valence-corrected chi connectivity index (χ1v) is 9.22. The molecule has 7 nitrogen and oxygen atoms in total. The van der Waals surface area contributed by atoms with E-state index in [1.165, 1.54) is 4.90 Å². The number of guanidine groups is 1. The number of aliphatic imine (C=N–C) groups is 1. The number of nitrogens with two attached hydrogens (primary N) is 1. The monoisotopic (exact) mass is 352 g/mol. The van der Waals surface area contributed by atoms with Gasteiger partial charge in [0, 0.05) is 20.1 Å². The van der Waals surface area contributed by atoms with Gasteiger partial charge in [-0.2, -0.15) is 0 Å². The minimum absolute atomic E-state index is 0.00540. The number of likely N-dealkylation sites (N-methyl/N-ethyl adjacent to an activating group) is 1. The smallest absolute Gasteiger partial charge is 0.410 e. The topological polar surface area (TPSA) is 88.2 Å². The van der Waals surface area contributed by atoms with Crippen LogP contribution in [-0.4, -0.2) is 59.0 Å². The van der Waals surface area contributed by atoms with E-state index in [0.717, 1.165) is 25.7 Å². The van der Waals surface area contributed by atoms with E-state index >= 15 is 0 Å². The molecule has 0 saturated carbocycles. The summed E-state index contributed by atoms with van der Waals surface area (Å²) < 4.78 is 5.45. The lowest BCUT2D eigenvalue weighted by atomic mass is 9.74. The van der Waals surface area contributed by atoms with Crippen LogP contribution in [0.4, 0.5) is 4.79 Å². The van der Waals surface area contributed by atoms with Gasteiger partial charge in [-0.15, -0.1) is 0 Å². The van der Waals surface area contributed by atoms with E-state index in [-0.39, 0.29) is 17.9 Å². The molecule has 25 heavy (non-hydrogen) atoms. The SMILES string of the molecule is CCCCC1(C2CCN(C(=O)OC(C)(C)C)CC2)N=C(N)N(C)C1=O. The first-order chi connectivity index (χ1) is 11.6. The Hall–Kier alpha value is -1.79. The second-order valence-electron chi connectivity index (χ2n) is 8.10. The number of carbonyl (C=O) groups is 2. The van der Waals surface area contributed by atoms with E-state index < -0.39 is 11.1 Å². The maximum Gasteiger partial charge on any atom is 0.410 e. The van der Waals surface area contributed by atoms with Gasteiger partial charge in [-0.25, -0.2) is 9.79 Å². The third-order valence-corrected chi connectivity index (χ3v) is 5.07. The zero-order valence-electron chi connectivity index (χ0n) is 16.2. The molecule has 2 aliphatic heterocycles. The highest BCUT2D eigenvalue weighted by atomic mass is 16.6. The van der Waals surface area contributed by atoms with Crippen molar-refractivity contribution in [1.82, 2.24) is 9.80 Å². The molecule has 2 N–H and O–H groups in total. The summed E-state index contributed by atoms with van der Waals surface area (Å²) >= 11 is 0. The molecule has 2 aliphatic rings. The van der Waals surface area contributed by atoms with Crippen molar-refractivity contribution in [3.8, 4) is 0 Å². The van der Waals surface area contributed by atoms with Crippen molar-refractivity contribution in [3.05, 3.63) is 0 Å². The second kappa shape index (κ2) is 7.22. The van der Waals surface area contributed by atoms with Crippen molar-refractivity contribution >= 4 is 18.0 Å². The molecule has 0 bridgehead atoms. The highest BCUT2D eigenvalue weighted by molar-refractivity contribution is 6.06. The Morgan fingerprint density at radius 2 is 1.96 bits per heavy atom. The van der Waals surface area contributed by atoms with Crippen LogP contribution in [0.5, 0.6) is 0 Å². The van der Waals surface area contributed by atoms with E-state index in [9.17, 15) is 9.59 Å². The standard InChI is InChI=1S/C18H32N4O3/c1-6-7-10-18(14(23)21(5)15(19)20-18)13-8-11-22(12-9-13)16(24)25-17(2,3)4/h13H,6-12H2,1-5H3,(H2,19,20). The summed E-state index contributed by atoms with van der Waals surface area (Å²) in [6.07, 6.45) is 3.84. The van der Waals surface area contributed by atoms with Gasteiger partial charge in [-0.1, -0.05) is 19.8 Å². The minimum atomic E-state index is -0.755. The molecule has 7 heteroatoms. The fourth-order valence-corrected chi connectivity index (χ4v) is 3.67. The fraction of sp³-hybridized carbons (Fsp3) is 0.833. The van der Waals surface area contributed by atoms with Gasteiger partial charge in [0.1, 0.15) is 11.1 Å². The van der Waals surface area contributed by atoms with Crippen molar-refractivity contribution in [3.63, 3.8) is 0 Å². The van der Waals surface area contributed by atoms with Crippen LogP contribution in [0.1, 0.15) is 59.8 Å². The Morgan fingerprint density at radius 3 is 2.40 bits per heavy atom. The molecule has 0 aliphatic carbocycles. The van der Waals surface area contributed by atoms with Crippen LogP contribution in [0, 0.1) is 5.92 Å². The quantitative estimate of drug-likeness (QED) is 0.841. The molecule has 142 valence electrons. The Kier molecular flexibility index (Phi) is 5.64. The lowest BCUT2D eigenvalue weighted by Crippen LogP contribution is -2.51. The summed E-state index contributed by atoms with van der Waals surface area (Å²) in [5.74, 6) is 0.401. The van der Waals surface area contributed by atoms with Gasteiger partial charge in [0.25, 0.3) is 5.91 Å². The minimum Gasteiger partial charge on any atom is -0.444 e. The van der Waals surface area contributed by atoms with E-state index in [4.69, 9.17) is 10.5 Å². The normalized spacial score (nSPS) is 25.3. The second-order valence-corrected chi connectivity index (χ2v) is 8.10. The summed E-state index contributed by atoms with van der Waals surface area (Å²) in [6.45, 7) is 8.86. The predicted molar refractivity (Wildman–Crippen MR) is 97.2 cm³/mol. The largest absolute Gasteiger partial charge is 0.444 e. The summed E-state index contributed by atoms with van der Waals surface area (Å²) in [4.78, 5) is 32.9. The Labute approximate surface area is 150 Å². The number of rotatable bonds is 4. The fourth-order valence-electron chi connectivity index (χ4n) is 3.67. The lowest BCUT2D eigenvalue weighted by molar-refractivity contribution is -0.133. The van der Waals surface area contributed by atoms with Gasteiger partial charge >= 0.3 is 6.09 Å². The molecule has 0 spiro atoms. The predicted octanol–water partition coefficient (Wildman–Crippen LogP) is 2.35. The Morgan fingerprint density at radius 1 is 1.36 bits per heavy atom. The molecule has 1 fully saturated rings. The molecule has 1 atom stereocenters. The molecular formula is C18H32N4O3. The Balaban J connectivity index is 2.08. The molecule has 2 amide bonds. The number of hydrogen-bond acceptors (Lipinski definition) is 5. The lowest BCUT2D eigenvalue weighted by Gasteiger charge is -2.40. The van der Waals surface area contributed by atoms with Gasteiger partial charge in [-0.3, -0.25) is 9.69 Å². The van der Waals surface area contributed by atoms with Gasteiger partial charge in [0.2, 0.25) is 0 Å². The molecule has 0 aromatic rings. The third kappa shape index (κ3) is 4.07. The zero-order chi connectivity index (χ0) is 18.8. The molecule has 1 saturated heterocycles. The van der Waals surface area contributed by atoms with Gasteiger partial charge in [-0.05, 0) is 46.0 Å². The van der Waals surface area contributed by atoms with Crippen LogP contribution in [-0.2, 0) is 9.53 Å². The number of likely N-dealkylation sites (tertiary alicyclic amines) is 1. The molecule has 0 radical (unpaired) electrons. The summed E-state index contributed by atoms with van der Waals surface area (Å²) in [7, 11) is 1.69. The van der Waals surface area contributed by atoms with Crippen molar-refractivity contribution < 1.29 is 14.3 Å². The average Bonchev–Trinajstić information content (AvgIpc) is 2.76. The first kappa shape index (κ1) is 19.5. The van der Waals surface area contributed by atoms with Crippen LogP contribution in [0.2, 0.25) is 0 Å². The van der Waals surface area contributed by atoms with E-state index in [0.29, 0.717) is 25.5 Å². The van der Waals surface area contributed by atoms with Crippen LogP contribution in [0.25, 0.3) is 0 Å². The van der Waals surface area contributed by atoms with Crippen LogP contribution in [0.15, 0.2) is 4.99 Å². The molecule has 0 aromatic carbocycles. The van der Waals surface area contributed by atoms with Crippen LogP contribution >= 0.6 is 0 Å². The highest BCUT2D eigenvalue weighted by Gasteiger charge is 2.52. The zero-order valence-corrected chi connectivity index (χ0v) is 16.2. The summed E-state index contributed by atoms with van der Waals surface area (Å²) in [5, 5.41) is 0. The number of carbonyl (C=O) groups excluding carboxylic acids is 2. The number of hydrogen-bond donors (Lipinski definition) is 1. The van der Waals surface area contributed by atoms with Crippen molar-refractivity contribution in [1.29, 1.82) is 0 Å². The average molecular weight is 352 g/mol. The van der Waals surface area contributed by atoms with Crippen LogP contribution < -0.4 is 5.73 Å². The number of unbranched alkanes of at least 4 members (excludes halogenated alkanes) is 1. The van der Waals surface area contributed by atoms with E-state index in [2.05, 4.69) is 11.9 Å². The van der Waals surface area contributed by atoms with E-state index in [1.807, 2.05) is 20.8 Å². The number of amides is 2. The van der Waals surface area contributed by atoms with Crippen molar-refractivity contribution in [2.24, 2.45) is 16.6 Å². The molecule has 2 rings (SSSR count). The molecule has 0 aromatic heterocycles. The van der Waals surface area contributed by atoms with Gasteiger partial charge in [0.05, 0.1) is 0 Å². The molecular weight excluding hydrogens is 320 g/mol. The van der Waals surface area contributed by atoms with Crippen LogP contribution in [0.3, 0.4) is 0 Å². The highest BCUT2D eigenvalue weighted by Crippen LogP contribution is 2.40. The van der Waals surface area contributed by atoms with Gasteiger partial charge in [0.15, 0.2) is 5.96 Å². The summed E-state index contributed by atoms with van der Waals surface area (Å²) in [5.41, 5.74) is 4.68. The van der Waals surface area contributed by atoms with Gasteiger partial charge < -0.3 is 15.4 Å². The third-order valence-electron chi connectivity index (χ3n) is 5.07. The summed E-state index contributed by atoms with van der Waals surface area (Å²) in [6, 6.07) is 0. The molecule has 2 heterocycles. The number of ether oxygens (including phenoxy) is 1.